The maximum absolute atomic E-state index is 5.59. The number of anilines is 1. The van der Waals surface area contributed by atoms with E-state index in [4.69, 9.17) is 27.8 Å². The average molecular weight is 283 g/mol. The van der Waals surface area contributed by atoms with Crippen LogP contribution in [0.2, 0.25) is 0 Å². The lowest BCUT2D eigenvalue weighted by molar-refractivity contribution is 0.0764. The van der Waals surface area contributed by atoms with Crippen LogP contribution in [-0.2, 0) is 4.74 Å². The molecule has 0 aliphatic heterocycles. The van der Waals surface area contributed by atoms with Crippen LogP contribution < -0.4 is 20.7 Å². The quantitative estimate of drug-likeness (QED) is 0.453. The Kier molecular flexibility index (Phi) is 5.97. The van der Waals surface area contributed by atoms with Crippen LogP contribution in [0, 0.1) is 0 Å². The van der Waals surface area contributed by atoms with Crippen LogP contribution in [0.15, 0.2) is 48.5 Å². The van der Waals surface area contributed by atoms with Crippen LogP contribution in [0.3, 0.4) is 0 Å². The lowest BCUT2D eigenvalue weighted by Crippen LogP contribution is -2.12. The van der Waals surface area contributed by atoms with Gasteiger partial charge in [-0.15, -0.1) is 0 Å². The molecule has 0 heterocycles. The van der Waals surface area contributed by atoms with Crippen molar-refractivity contribution < 1.29 is 14.2 Å². The summed E-state index contributed by atoms with van der Waals surface area (Å²) in [6, 6.07) is 14.5. The number of benzene rings is 2. The molecule has 0 fully saturated rings. The first kappa shape index (κ1) is 15.3. The lowest BCUT2D eigenvalue weighted by atomic mass is 9.97. The molecule has 0 aromatic heterocycles. The second kappa shape index (κ2) is 8.22. The van der Waals surface area contributed by atoms with Crippen LogP contribution >= 0.6 is 0 Å². The molecule has 2 aromatic rings. The molecule has 108 valence electrons. The Bertz CT molecular complexity index is 479. The minimum atomic E-state index is 0.492. The third-order valence-electron chi connectivity index (χ3n) is 2.75. The Hall–Kier alpha value is -2.14. The third-order valence-corrected chi connectivity index (χ3v) is 2.75. The molecule has 0 saturated carbocycles. The van der Waals surface area contributed by atoms with Crippen LogP contribution in [0.4, 0.5) is 5.69 Å². The molecule has 5 heteroatoms. The monoisotopic (exact) mass is 283 g/mol. The third kappa shape index (κ3) is 5.79. The van der Waals surface area contributed by atoms with E-state index in [9.17, 15) is 0 Å². The van der Waals surface area contributed by atoms with Crippen LogP contribution in [0.5, 0.6) is 11.5 Å². The van der Waals surface area contributed by atoms with Gasteiger partial charge in [-0.25, -0.2) is 0 Å². The van der Waals surface area contributed by atoms with Crippen molar-refractivity contribution in [3.63, 3.8) is 0 Å². The SMILES string of the molecule is [B]c1ccc(OCCOCCOc2ccc(N)cc2)cc1. The van der Waals surface area contributed by atoms with Crippen LogP contribution in [0.1, 0.15) is 0 Å². The average Bonchev–Trinajstić information content (AvgIpc) is 2.50. The van der Waals surface area contributed by atoms with E-state index in [0.29, 0.717) is 26.4 Å². The minimum Gasteiger partial charge on any atom is -0.491 e. The normalized spacial score (nSPS) is 10.3. The Balaban J connectivity index is 1.52. The highest BCUT2D eigenvalue weighted by Gasteiger charge is 1.95. The van der Waals surface area contributed by atoms with Crippen molar-refractivity contribution in [1.29, 1.82) is 0 Å². The summed E-state index contributed by atoms with van der Waals surface area (Å²) >= 11 is 0. The summed E-state index contributed by atoms with van der Waals surface area (Å²) in [5.41, 5.74) is 7.03. The van der Waals surface area contributed by atoms with Crippen molar-refractivity contribution in [3.8, 4) is 11.5 Å². The van der Waals surface area contributed by atoms with Crippen molar-refractivity contribution in [2.75, 3.05) is 32.2 Å². The molecule has 0 spiro atoms. The molecule has 21 heavy (non-hydrogen) atoms. The van der Waals surface area contributed by atoms with Gasteiger partial charge in [0.1, 0.15) is 32.6 Å². The fraction of sp³-hybridized carbons (Fsp3) is 0.250. The van der Waals surface area contributed by atoms with Gasteiger partial charge < -0.3 is 19.9 Å². The Labute approximate surface area is 126 Å². The van der Waals surface area contributed by atoms with Gasteiger partial charge in [0.2, 0.25) is 0 Å². The van der Waals surface area contributed by atoms with Crippen LogP contribution in [-0.4, -0.2) is 34.3 Å². The molecule has 0 atom stereocenters. The molecule has 2 rings (SSSR count). The van der Waals surface area contributed by atoms with Gasteiger partial charge in [0.15, 0.2) is 0 Å². The highest BCUT2D eigenvalue weighted by Crippen LogP contribution is 2.12. The Morgan fingerprint density at radius 1 is 0.714 bits per heavy atom. The predicted molar refractivity (Wildman–Crippen MR) is 84.5 cm³/mol. The van der Waals surface area contributed by atoms with Gasteiger partial charge >= 0.3 is 0 Å². The van der Waals surface area contributed by atoms with Gasteiger partial charge in [0, 0.05) is 5.69 Å². The van der Waals surface area contributed by atoms with E-state index in [-0.39, 0.29) is 0 Å². The predicted octanol–water partition coefficient (Wildman–Crippen LogP) is 1.54. The van der Waals surface area contributed by atoms with E-state index in [0.717, 1.165) is 22.6 Å². The number of rotatable bonds is 8. The van der Waals surface area contributed by atoms with E-state index < -0.39 is 0 Å². The highest BCUT2D eigenvalue weighted by atomic mass is 16.5. The molecule has 0 aliphatic carbocycles. The van der Waals surface area contributed by atoms with Gasteiger partial charge in [-0.3, -0.25) is 0 Å². The van der Waals surface area contributed by atoms with E-state index in [1.807, 2.05) is 24.3 Å². The van der Waals surface area contributed by atoms with E-state index in [2.05, 4.69) is 0 Å². The molecule has 0 aliphatic rings. The first-order valence-corrected chi connectivity index (χ1v) is 6.78. The molecule has 0 unspecified atom stereocenters. The summed E-state index contributed by atoms with van der Waals surface area (Å²) in [5.74, 6) is 1.57. The summed E-state index contributed by atoms with van der Waals surface area (Å²) in [4.78, 5) is 0. The van der Waals surface area contributed by atoms with Crippen LogP contribution in [0.25, 0.3) is 0 Å². The molecule has 0 saturated heterocycles. The maximum Gasteiger partial charge on any atom is 0.119 e. The molecule has 2 aromatic carbocycles. The maximum atomic E-state index is 5.59. The van der Waals surface area contributed by atoms with E-state index in [1.165, 1.54) is 0 Å². The number of nitrogen functional groups attached to an aromatic ring is 1. The lowest BCUT2D eigenvalue weighted by Gasteiger charge is -2.09. The van der Waals surface area contributed by atoms with E-state index in [1.54, 1.807) is 24.3 Å². The number of hydrogen-bond acceptors (Lipinski definition) is 4. The smallest absolute Gasteiger partial charge is 0.119 e. The van der Waals surface area contributed by atoms with Gasteiger partial charge in [-0.05, 0) is 36.4 Å². The van der Waals surface area contributed by atoms with Crippen molar-refractivity contribution in [2.45, 2.75) is 0 Å². The Morgan fingerprint density at radius 2 is 1.19 bits per heavy atom. The fourth-order valence-electron chi connectivity index (χ4n) is 1.67. The molecule has 0 amide bonds. The topological polar surface area (TPSA) is 53.7 Å². The van der Waals surface area contributed by atoms with Crippen molar-refractivity contribution in [1.82, 2.24) is 0 Å². The minimum absolute atomic E-state index is 0.492. The number of nitrogens with two attached hydrogens (primary N) is 1. The zero-order valence-electron chi connectivity index (χ0n) is 11.8. The molecule has 2 N–H and O–H groups in total. The molecule has 4 nitrogen and oxygen atoms in total. The largest absolute Gasteiger partial charge is 0.491 e. The second-order valence-corrected chi connectivity index (χ2v) is 4.45. The first-order chi connectivity index (χ1) is 10.2. The molecular formula is C16H18BNO3. The van der Waals surface area contributed by atoms with Gasteiger partial charge in [-0.2, -0.15) is 0 Å². The van der Waals surface area contributed by atoms with Gasteiger partial charge in [0.05, 0.1) is 13.2 Å². The fourth-order valence-corrected chi connectivity index (χ4v) is 1.67. The standard InChI is InChI=1S/C16H18BNO3/c17-13-1-5-15(6-2-13)20-11-9-19-10-12-21-16-7-3-14(18)4-8-16/h1-8H,9-12,18H2. The number of ether oxygens (including phenoxy) is 3. The molecule has 0 bridgehead atoms. The molecule has 2 radical (unpaired) electrons. The van der Waals surface area contributed by atoms with Crippen molar-refractivity contribution in [3.05, 3.63) is 48.5 Å². The summed E-state index contributed by atoms with van der Waals surface area (Å²) < 4.78 is 16.4. The highest BCUT2D eigenvalue weighted by molar-refractivity contribution is 6.32. The van der Waals surface area contributed by atoms with E-state index >= 15 is 0 Å². The van der Waals surface area contributed by atoms with Crippen molar-refractivity contribution in [2.24, 2.45) is 0 Å². The second-order valence-electron chi connectivity index (χ2n) is 4.45. The first-order valence-electron chi connectivity index (χ1n) is 6.78. The Morgan fingerprint density at radius 3 is 1.71 bits per heavy atom. The summed E-state index contributed by atoms with van der Waals surface area (Å²) in [6.07, 6.45) is 0. The van der Waals surface area contributed by atoms with Gasteiger partial charge in [0.25, 0.3) is 0 Å². The van der Waals surface area contributed by atoms with Gasteiger partial charge in [-0.1, -0.05) is 17.6 Å². The summed E-state index contributed by atoms with van der Waals surface area (Å²) in [5, 5.41) is 0. The number of hydrogen-bond donors (Lipinski definition) is 1. The zero-order chi connectivity index (χ0) is 14.9. The van der Waals surface area contributed by atoms with Crippen molar-refractivity contribution >= 4 is 19.0 Å². The summed E-state index contributed by atoms with van der Waals surface area (Å²) in [7, 11) is 5.59. The molecular weight excluding hydrogens is 265 g/mol. The zero-order valence-corrected chi connectivity index (χ0v) is 11.8. The summed E-state index contributed by atoms with van der Waals surface area (Å²) in [6.45, 7) is 2.00.